The zero-order chi connectivity index (χ0) is 29.7. The topological polar surface area (TPSA) is 64.0 Å². The van der Waals surface area contributed by atoms with E-state index in [0.29, 0.717) is 5.56 Å². The van der Waals surface area contributed by atoms with E-state index in [1.807, 2.05) is 59.8 Å². The van der Waals surface area contributed by atoms with E-state index < -0.39 is 28.6 Å². The molecule has 2 aliphatic heterocycles. The predicted octanol–water partition coefficient (Wildman–Crippen LogP) is 6.09. The normalized spacial score (nSPS) is 19.5. The Hall–Kier alpha value is -4.44. The first-order valence-electron chi connectivity index (χ1n) is 14.2. The second kappa shape index (κ2) is 10.7. The molecule has 0 N–H and O–H groups in total. The molecule has 4 aromatic rings. The lowest BCUT2D eigenvalue weighted by atomic mass is 9.74. The van der Waals surface area contributed by atoms with Gasteiger partial charge in [0.15, 0.2) is 23.0 Å². The zero-order valence-electron chi connectivity index (χ0n) is 23.5. The highest BCUT2D eigenvalue weighted by atomic mass is 32.1. The number of hydrogen-bond acceptors (Lipinski definition) is 6. The van der Waals surface area contributed by atoms with Gasteiger partial charge in [0.2, 0.25) is 11.2 Å². The van der Waals surface area contributed by atoms with E-state index in [-0.39, 0.29) is 43.0 Å². The van der Waals surface area contributed by atoms with Crippen molar-refractivity contribution in [2.24, 2.45) is 0 Å². The van der Waals surface area contributed by atoms with Crippen molar-refractivity contribution in [3.63, 3.8) is 0 Å². The maximum Gasteiger partial charge on any atom is 0.278 e. The number of aromatic nitrogens is 1. The number of thiophene rings is 1. The fourth-order valence-electron chi connectivity index (χ4n) is 6.22. The van der Waals surface area contributed by atoms with E-state index >= 15 is 4.39 Å². The molecule has 2 aromatic heterocycles. The Bertz CT molecular complexity index is 1800. The first-order valence-corrected chi connectivity index (χ1v) is 15.1. The molecule has 1 spiro atoms. The number of ether oxygens (including phenoxy) is 2. The Morgan fingerprint density at radius 3 is 2.60 bits per heavy atom. The standard InChI is InChI=1S/C33H29F2N3O4S/c1-21-12-18-43-31(21)27-23-9-10-24(34)26(35)29(23)41-17-6-15-33(13-5-14-33)36-20-38(27)37-16-11-25(39)30(28(37)32(36)40)42-19-22-7-3-2-4-8-22/h2-4,6-12,15-16,18,27H,5,13-14,17,19-20H2,1H3/b15-6+. The molecule has 7 nitrogen and oxygen atoms in total. The van der Waals surface area contributed by atoms with Gasteiger partial charge < -0.3 is 14.4 Å². The summed E-state index contributed by atoms with van der Waals surface area (Å²) in [6, 6.07) is 14.7. The third-order valence-electron chi connectivity index (χ3n) is 8.60. The highest BCUT2D eigenvalue weighted by Gasteiger charge is 2.49. The van der Waals surface area contributed by atoms with Crippen molar-refractivity contribution in [3.05, 3.63) is 127 Å². The van der Waals surface area contributed by atoms with Crippen molar-refractivity contribution in [1.82, 2.24) is 9.58 Å². The van der Waals surface area contributed by atoms with Crippen LogP contribution in [0.3, 0.4) is 0 Å². The second-order valence-corrected chi connectivity index (χ2v) is 12.1. The van der Waals surface area contributed by atoms with Crippen LogP contribution in [0, 0.1) is 18.6 Å². The van der Waals surface area contributed by atoms with E-state index in [2.05, 4.69) is 0 Å². The van der Waals surface area contributed by atoms with Gasteiger partial charge in [0.25, 0.3) is 5.91 Å². The number of carbonyl (C=O) groups is 1. The fourth-order valence-corrected chi connectivity index (χ4v) is 7.27. The van der Waals surface area contributed by atoms with Crippen LogP contribution in [0.1, 0.15) is 57.4 Å². The minimum Gasteiger partial charge on any atom is -0.486 e. The molecular formula is C33H29F2N3O4S. The molecular weight excluding hydrogens is 572 g/mol. The Kier molecular flexibility index (Phi) is 6.80. The van der Waals surface area contributed by atoms with Crippen molar-refractivity contribution < 1.29 is 23.0 Å². The fraction of sp³-hybridized carbons (Fsp3) is 0.273. The number of carbonyl (C=O) groups excluding carboxylic acids is 1. The molecule has 0 radical (unpaired) electrons. The number of aryl methyl sites for hydroxylation is 1. The number of amides is 1. The monoisotopic (exact) mass is 601 g/mol. The average molecular weight is 602 g/mol. The van der Waals surface area contributed by atoms with E-state index in [9.17, 15) is 14.0 Å². The summed E-state index contributed by atoms with van der Waals surface area (Å²) in [5.74, 6) is -2.64. The van der Waals surface area contributed by atoms with Crippen LogP contribution in [0.25, 0.3) is 0 Å². The summed E-state index contributed by atoms with van der Waals surface area (Å²) >= 11 is 1.48. The summed E-state index contributed by atoms with van der Waals surface area (Å²) in [5.41, 5.74) is 1.26. The highest BCUT2D eigenvalue weighted by Crippen LogP contribution is 2.46. The first kappa shape index (κ1) is 27.4. The van der Waals surface area contributed by atoms with Gasteiger partial charge in [-0.3, -0.25) is 19.3 Å². The van der Waals surface area contributed by atoms with Gasteiger partial charge in [0, 0.05) is 22.7 Å². The Morgan fingerprint density at radius 2 is 1.88 bits per heavy atom. The number of hydrogen-bond donors (Lipinski definition) is 0. The highest BCUT2D eigenvalue weighted by molar-refractivity contribution is 7.10. The van der Waals surface area contributed by atoms with Crippen molar-refractivity contribution in [2.45, 2.75) is 44.4 Å². The quantitative estimate of drug-likeness (QED) is 0.265. The van der Waals surface area contributed by atoms with Crippen molar-refractivity contribution in [1.29, 1.82) is 0 Å². The Balaban J connectivity index is 1.48. The van der Waals surface area contributed by atoms with Gasteiger partial charge in [-0.25, -0.2) is 4.39 Å². The molecule has 1 amide bonds. The minimum atomic E-state index is -1.07. The van der Waals surface area contributed by atoms with Crippen LogP contribution in [0.15, 0.2) is 83.1 Å². The third kappa shape index (κ3) is 4.52. The molecule has 3 aliphatic rings. The molecule has 220 valence electrons. The molecule has 1 unspecified atom stereocenters. The molecule has 2 aromatic carbocycles. The van der Waals surface area contributed by atoms with Gasteiger partial charge in [0.1, 0.15) is 25.9 Å². The molecule has 1 fully saturated rings. The van der Waals surface area contributed by atoms with E-state index in [1.54, 1.807) is 21.8 Å². The summed E-state index contributed by atoms with van der Waals surface area (Å²) in [7, 11) is 0. The van der Waals surface area contributed by atoms with E-state index in [4.69, 9.17) is 9.47 Å². The van der Waals surface area contributed by atoms with Crippen LogP contribution in [0.2, 0.25) is 0 Å². The summed E-state index contributed by atoms with van der Waals surface area (Å²) < 4.78 is 43.8. The van der Waals surface area contributed by atoms with Crippen LogP contribution in [-0.4, -0.2) is 34.3 Å². The molecule has 1 aliphatic carbocycles. The Morgan fingerprint density at radius 1 is 1.07 bits per heavy atom. The molecule has 0 saturated heterocycles. The molecule has 1 atom stereocenters. The van der Waals surface area contributed by atoms with Gasteiger partial charge in [-0.1, -0.05) is 36.4 Å². The number of benzene rings is 2. The lowest BCUT2D eigenvalue weighted by molar-refractivity contribution is 0.0253. The average Bonchev–Trinajstić information content (AvgIpc) is 3.40. The van der Waals surface area contributed by atoms with Crippen LogP contribution < -0.4 is 19.9 Å². The summed E-state index contributed by atoms with van der Waals surface area (Å²) in [4.78, 5) is 30.5. The second-order valence-electron chi connectivity index (χ2n) is 11.1. The first-order chi connectivity index (χ1) is 20.9. The number of nitrogens with zero attached hydrogens (tertiary/aromatic N) is 3. The van der Waals surface area contributed by atoms with Gasteiger partial charge in [-0.05, 0) is 67.0 Å². The SMILES string of the molecule is Cc1ccsc1C1c2ccc(F)c(F)c2OC/C=C/C2(CCC2)N2CN1n1ccc(=O)c(OCc3ccccc3)c1C2=O. The summed E-state index contributed by atoms with van der Waals surface area (Å²) in [6.45, 7) is 2.20. The minimum absolute atomic E-state index is 0.00350. The largest absolute Gasteiger partial charge is 0.486 e. The third-order valence-corrected chi connectivity index (χ3v) is 9.68. The zero-order valence-corrected chi connectivity index (χ0v) is 24.3. The van der Waals surface area contributed by atoms with Crippen molar-refractivity contribution in [2.75, 3.05) is 18.3 Å². The number of pyridine rings is 1. The number of rotatable bonds is 4. The van der Waals surface area contributed by atoms with E-state index in [0.717, 1.165) is 41.3 Å². The smallest absolute Gasteiger partial charge is 0.278 e. The van der Waals surface area contributed by atoms with Crippen LogP contribution in [-0.2, 0) is 6.61 Å². The van der Waals surface area contributed by atoms with E-state index in [1.165, 1.54) is 23.5 Å². The van der Waals surface area contributed by atoms with Crippen LogP contribution in [0.5, 0.6) is 11.5 Å². The van der Waals surface area contributed by atoms with Gasteiger partial charge in [-0.2, -0.15) is 4.39 Å². The van der Waals surface area contributed by atoms with Gasteiger partial charge in [-0.15, -0.1) is 11.3 Å². The maximum atomic E-state index is 15.5. The van der Waals surface area contributed by atoms with Crippen molar-refractivity contribution in [3.8, 4) is 11.5 Å². The number of halogens is 2. The maximum absolute atomic E-state index is 15.5. The molecule has 2 bridgehead atoms. The lowest BCUT2D eigenvalue weighted by Gasteiger charge is -2.53. The molecule has 10 heteroatoms. The molecule has 4 heterocycles. The molecule has 1 saturated carbocycles. The lowest BCUT2D eigenvalue weighted by Crippen LogP contribution is -2.64. The van der Waals surface area contributed by atoms with Crippen molar-refractivity contribution >= 4 is 17.2 Å². The van der Waals surface area contributed by atoms with Gasteiger partial charge >= 0.3 is 0 Å². The molecule has 7 rings (SSSR count). The summed E-state index contributed by atoms with van der Waals surface area (Å²) in [6.07, 6.45) is 7.61. The number of fused-ring (bicyclic) bond motifs is 6. The van der Waals surface area contributed by atoms with Gasteiger partial charge in [0.05, 0.1) is 5.54 Å². The Labute approximate surface area is 251 Å². The van der Waals surface area contributed by atoms with Crippen LogP contribution >= 0.6 is 11.3 Å². The predicted molar refractivity (Wildman–Crippen MR) is 159 cm³/mol. The summed E-state index contributed by atoms with van der Waals surface area (Å²) in [5, 5.41) is 3.86. The van der Waals surface area contributed by atoms with Crippen LogP contribution in [0.4, 0.5) is 8.78 Å². The molecule has 43 heavy (non-hydrogen) atoms.